The molecule has 0 aliphatic carbocycles. The van der Waals surface area contributed by atoms with E-state index in [2.05, 4.69) is 20.4 Å². The molecule has 3 rings (SSSR count). The second kappa shape index (κ2) is 11.5. The number of aromatic nitrogens is 2. The van der Waals surface area contributed by atoms with Crippen molar-refractivity contribution in [3.8, 4) is 0 Å². The number of alkyl halides is 3. The third-order valence-electron chi connectivity index (χ3n) is 5.41. The van der Waals surface area contributed by atoms with Gasteiger partial charge in [-0.1, -0.05) is 18.3 Å². The Kier molecular flexibility index (Phi) is 8.84. The first kappa shape index (κ1) is 27.7. The van der Waals surface area contributed by atoms with Crippen LogP contribution in [0.1, 0.15) is 42.1 Å². The molecule has 1 aromatic carbocycles. The summed E-state index contributed by atoms with van der Waals surface area (Å²) < 4.78 is 74.4. The molecule has 1 aliphatic rings. The number of halogens is 3. The van der Waals surface area contributed by atoms with Crippen LogP contribution >= 0.6 is 11.3 Å². The van der Waals surface area contributed by atoms with Crippen LogP contribution in [0.15, 0.2) is 22.4 Å². The minimum atomic E-state index is -5.71. The molecule has 0 bridgehead atoms. The van der Waals surface area contributed by atoms with E-state index < -0.39 is 21.5 Å². The molecule has 0 spiro atoms. The Balaban J connectivity index is 1.96. The number of carbonyl (C=O) groups is 1. The number of benzene rings is 1. The van der Waals surface area contributed by atoms with Gasteiger partial charge >= 0.3 is 21.5 Å². The molecule has 1 unspecified atom stereocenters. The van der Waals surface area contributed by atoms with Crippen molar-refractivity contribution >= 4 is 49.5 Å². The van der Waals surface area contributed by atoms with Gasteiger partial charge in [-0.3, -0.25) is 4.72 Å². The van der Waals surface area contributed by atoms with Crippen LogP contribution in [-0.2, 0) is 25.9 Å². The van der Waals surface area contributed by atoms with Crippen molar-refractivity contribution in [3.05, 3.63) is 22.7 Å². The van der Waals surface area contributed by atoms with Crippen LogP contribution < -0.4 is 9.62 Å². The molecule has 0 amide bonds. The normalized spacial score (nSPS) is 16.3. The van der Waals surface area contributed by atoms with Crippen LogP contribution in [0, 0.1) is 0 Å². The van der Waals surface area contributed by atoms with Gasteiger partial charge in [-0.25, -0.2) is 4.79 Å². The molecule has 11 nitrogen and oxygen atoms in total. The number of methoxy groups -OCH3 is 1. The van der Waals surface area contributed by atoms with Crippen molar-refractivity contribution in [1.82, 2.24) is 10.2 Å². The van der Waals surface area contributed by atoms with E-state index in [-0.39, 0.29) is 40.8 Å². The van der Waals surface area contributed by atoms with Crippen molar-refractivity contribution in [3.63, 3.8) is 0 Å². The van der Waals surface area contributed by atoms with Gasteiger partial charge in [0.15, 0.2) is 0 Å². The zero-order valence-electron chi connectivity index (χ0n) is 19.7. The molecular formula is C20H25F3N6O5S2. The maximum absolute atomic E-state index is 13.1. The topological polar surface area (TPSA) is 135 Å². The fraction of sp³-hybridized carbons (Fsp3) is 0.550. The monoisotopic (exact) mass is 550 g/mol. The second-order valence-corrected chi connectivity index (χ2v) is 10.3. The molecule has 2 aromatic rings. The highest BCUT2D eigenvalue weighted by molar-refractivity contribution is 7.93. The van der Waals surface area contributed by atoms with E-state index >= 15 is 0 Å². The third-order valence-corrected chi connectivity index (χ3v) is 7.29. The van der Waals surface area contributed by atoms with Crippen LogP contribution in [0.25, 0.3) is 0 Å². The number of hydrogen-bond donors (Lipinski definition) is 1. The Morgan fingerprint density at radius 2 is 2.00 bits per heavy atom. The summed E-state index contributed by atoms with van der Waals surface area (Å²) in [4.78, 5) is 14.0. The van der Waals surface area contributed by atoms with Gasteiger partial charge < -0.3 is 14.4 Å². The molecule has 1 aromatic heterocycles. The van der Waals surface area contributed by atoms with E-state index in [0.717, 1.165) is 29.7 Å². The lowest BCUT2D eigenvalue weighted by molar-refractivity contribution is -0.0429. The molecule has 1 atom stereocenters. The van der Waals surface area contributed by atoms with Crippen LogP contribution in [0.3, 0.4) is 0 Å². The van der Waals surface area contributed by atoms with E-state index in [1.807, 2.05) is 18.7 Å². The number of esters is 1. The van der Waals surface area contributed by atoms with E-state index in [4.69, 9.17) is 9.47 Å². The third kappa shape index (κ3) is 6.28. The number of aryl methyl sites for hydroxylation is 1. The minimum Gasteiger partial charge on any atom is -0.458 e. The Morgan fingerprint density at radius 1 is 1.25 bits per heavy atom. The average Bonchev–Trinajstić information content (AvgIpc) is 3.30. The summed E-state index contributed by atoms with van der Waals surface area (Å²) in [5.41, 5.74) is -4.61. The molecule has 198 valence electrons. The van der Waals surface area contributed by atoms with E-state index in [1.54, 1.807) is 4.72 Å². The van der Waals surface area contributed by atoms with Gasteiger partial charge in [0.05, 0.1) is 12.3 Å². The average molecular weight is 551 g/mol. The summed E-state index contributed by atoms with van der Waals surface area (Å²) in [7, 11) is -4.26. The number of anilines is 2. The number of fused-ring (bicyclic) bond motifs is 1. The summed E-state index contributed by atoms with van der Waals surface area (Å²) in [5, 5.41) is 15.0. The molecule has 16 heteroatoms. The molecule has 1 N–H and O–H groups in total. The van der Waals surface area contributed by atoms with Crippen LogP contribution in [0.2, 0.25) is 0 Å². The van der Waals surface area contributed by atoms with Gasteiger partial charge in [0.2, 0.25) is 5.01 Å². The molecule has 0 saturated carbocycles. The number of nitrogens with one attached hydrogen (secondary N) is 1. The highest BCUT2D eigenvalue weighted by Crippen LogP contribution is 2.41. The summed E-state index contributed by atoms with van der Waals surface area (Å²) in [6.45, 7) is 4.72. The summed E-state index contributed by atoms with van der Waals surface area (Å²) >= 11 is 0.753. The van der Waals surface area contributed by atoms with Gasteiger partial charge in [0.1, 0.15) is 12.3 Å². The van der Waals surface area contributed by atoms with Gasteiger partial charge in [0, 0.05) is 25.4 Å². The number of azo groups is 1. The maximum Gasteiger partial charge on any atom is 0.516 e. The summed E-state index contributed by atoms with van der Waals surface area (Å²) in [5.74, 6) is -0.747. The first-order valence-electron chi connectivity index (χ1n) is 10.9. The first-order valence-corrected chi connectivity index (χ1v) is 13.2. The number of nitrogens with zero attached hydrogens (tertiary/aromatic N) is 5. The molecule has 1 aliphatic heterocycles. The number of sulfonamides is 1. The van der Waals surface area contributed by atoms with Crippen molar-refractivity contribution in [1.29, 1.82) is 0 Å². The quantitative estimate of drug-likeness (QED) is 0.258. The highest BCUT2D eigenvalue weighted by Gasteiger charge is 2.46. The van der Waals surface area contributed by atoms with Crippen molar-refractivity contribution in [2.24, 2.45) is 10.2 Å². The molecule has 36 heavy (non-hydrogen) atoms. The molecular weight excluding hydrogens is 525 g/mol. The number of ether oxygens (including phenoxy) is 2. The summed E-state index contributed by atoms with van der Waals surface area (Å²) in [6.07, 6.45) is 2.29. The maximum atomic E-state index is 13.1. The molecule has 0 radical (unpaired) electrons. The van der Waals surface area contributed by atoms with Crippen LogP contribution in [0.4, 0.5) is 35.4 Å². The van der Waals surface area contributed by atoms with Crippen molar-refractivity contribution in [2.75, 3.05) is 36.5 Å². The van der Waals surface area contributed by atoms with Gasteiger partial charge in [0.25, 0.3) is 5.13 Å². The van der Waals surface area contributed by atoms with Gasteiger partial charge in [-0.05, 0) is 43.9 Å². The lowest BCUT2D eigenvalue weighted by Crippen LogP contribution is -2.39. The Bertz CT molecular complexity index is 1220. The number of rotatable bonds is 10. The fourth-order valence-electron chi connectivity index (χ4n) is 3.70. The molecule has 2 heterocycles. The Hall–Kier alpha value is -2.85. The highest BCUT2D eigenvalue weighted by atomic mass is 32.2. The zero-order chi connectivity index (χ0) is 26.5. The Labute approximate surface area is 209 Å². The predicted octanol–water partition coefficient (Wildman–Crippen LogP) is 4.57. The van der Waals surface area contributed by atoms with E-state index in [0.29, 0.717) is 18.7 Å². The van der Waals surface area contributed by atoms with Gasteiger partial charge in [-0.2, -0.15) is 21.6 Å². The largest absolute Gasteiger partial charge is 0.516 e. The second-order valence-electron chi connectivity index (χ2n) is 7.65. The minimum absolute atomic E-state index is 0.0112. The predicted molar refractivity (Wildman–Crippen MR) is 127 cm³/mol. The van der Waals surface area contributed by atoms with Crippen LogP contribution in [-0.4, -0.2) is 63.0 Å². The molecule has 0 fully saturated rings. The number of hydrogen-bond acceptors (Lipinski definition) is 11. The molecule has 0 saturated heterocycles. The van der Waals surface area contributed by atoms with E-state index in [9.17, 15) is 26.4 Å². The van der Waals surface area contributed by atoms with Crippen LogP contribution in [0.5, 0.6) is 0 Å². The number of carbonyl (C=O) groups excluding carboxylic acids is 1. The smallest absolute Gasteiger partial charge is 0.458 e. The first-order chi connectivity index (χ1) is 17.0. The zero-order valence-corrected chi connectivity index (χ0v) is 21.3. The van der Waals surface area contributed by atoms with E-state index in [1.165, 1.54) is 19.2 Å². The Morgan fingerprint density at radius 3 is 2.64 bits per heavy atom. The van der Waals surface area contributed by atoms with Crippen molar-refractivity contribution < 1.29 is 35.9 Å². The standard InChI is InChI=1S/C20H25F3N6O5S2/c1-4-13-7-6-12-10-14(24-26-19-27-25-17(35-19)18(30)34-9-8-33-3)15(11-16(12)29(13)5-2)28-36(31,32)20(21,22)23/h10-11,13,28H,4-9H2,1-3H3. The van der Waals surface area contributed by atoms with Crippen molar-refractivity contribution in [2.45, 2.75) is 44.7 Å². The SMILES string of the molecule is CCC1CCc2cc(N=Nc3nnc(C(=O)OCCOC)s3)c(NS(=O)(=O)C(F)(F)F)cc2N1CC. The lowest BCUT2D eigenvalue weighted by Gasteiger charge is -2.38. The lowest BCUT2D eigenvalue weighted by atomic mass is 9.93. The summed E-state index contributed by atoms with van der Waals surface area (Å²) in [6, 6.07) is 3.02. The van der Waals surface area contributed by atoms with Gasteiger partial charge in [-0.15, -0.1) is 20.4 Å². The fourth-order valence-corrected chi connectivity index (χ4v) is 4.83.